The standard InChI is InChI=1S/C23H23ClN2O5S/c1-16-8-10-19(15-20(16)23(27)25-12-13-30-2)32(28,29)26-21-14-17(24)9-11-22(21)31-18-6-4-3-5-7-18/h3-11,14-15,26H,12-13H2,1-2H3,(H,25,27). The highest BCUT2D eigenvalue weighted by Crippen LogP contribution is 2.33. The summed E-state index contributed by atoms with van der Waals surface area (Å²) < 4.78 is 39.5. The zero-order valence-corrected chi connectivity index (χ0v) is 19.2. The van der Waals surface area contributed by atoms with Crippen LogP contribution in [-0.2, 0) is 14.8 Å². The summed E-state index contributed by atoms with van der Waals surface area (Å²) >= 11 is 6.09. The summed E-state index contributed by atoms with van der Waals surface area (Å²) in [5.74, 6) is 0.446. The number of hydrogen-bond donors (Lipinski definition) is 2. The highest BCUT2D eigenvalue weighted by atomic mass is 35.5. The zero-order valence-electron chi connectivity index (χ0n) is 17.6. The maximum absolute atomic E-state index is 13.1. The second kappa shape index (κ2) is 10.5. The summed E-state index contributed by atoms with van der Waals surface area (Å²) in [4.78, 5) is 12.4. The molecule has 0 aromatic heterocycles. The van der Waals surface area contributed by atoms with Crippen LogP contribution in [0.25, 0.3) is 0 Å². The summed E-state index contributed by atoms with van der Waals surface area (Å²) in [6.07, 6.45) is 0. The molecule has 0 bridgehead atoms. The lowest BCUT2D eigenvalue weighted by molar-refractivity contribution is 0.0936. The molecule has 0 aliphatic heterocycles. The quantitative estimate of drug-likeness (QED) is 0.441. The van der Waals surface area contributed by atoms with Gasteiger partial charge in [0, 0.05) is 24.2 Å². The van der Waals surface area contributed by atoms with Gasteiger partial charge in [0.25, 0.3) is 15.9 Å². The van der Waals surface area contributed by atoms with Crippen molar-refractivity contribution in [3.8, 4) is 11.5 Å². The Bertz CT molecular complexity index is 1200. The van der Waals surface area contributed by atoms with Gasteiger partial charge < -0.3 is 14.8 Å². The van der Waals surface area contributed by atoms with Crippen LogP contribution in [0, 0.1) is 6.92 Å². The van der Waals surface area contributed by atoms with E-state index in [0.29, 0.717) is 29.5 Å². The number of anilines is 1. The average molecular weight is 475 g/mol. The molecule has 0 fully saturated rings. The molecule has 1 amide bonds. The number of halogens is 1. The van der Waals surface area contributed by atoms with Gasteiger partial charge in [-0.05, 0) is 55.0 Å². The Morgan fingerprint density at radius 3 is 2.50 bits per heavy atom. The van der Waals surface area contributed by atoms with Crippen molar-refractivity contribution in [2.24, 2.45) is 0 Å². The number of carbonyl (C=O) groups excluding carboxylic acids is 1. The Kier molecular flexibility index (Phi) is 7.74. The number of rotatable bonds is 9. The maximum atomic E-state index is 13.1. The highest BCUT2D eigenvalue weighted by Gasteiger charge is 2.20. The number of amides is 1. The number of benzene rings is 3. The number of hydrogen-bond acceptors (Lipinski definition) is 5. The summed E-state index contributed by atoms with van der Waals surface area (Å²) in [6.45, 7) is 2.40. The van der Waals surface area contributed by atoms with Gasteiger partial charge in [0.15, 0.2) is 5.75 Å². The molecule has 9 heteroatoms. The number of carbonyl (C=O) groups is 1. The predicted octanol–water partition coefficient (Wildman–Crippen LogP) is 4.62. The summed E-state index contributed by atoms with van der Waals surface area (Å²) in [7, 11) is -2.51. The van der Waals surface area contributed by atoms with Crippen LogP contribution in [0.2, 0.25) is 5.02 Å². The number of nitrogens with one attached hydrogen (secondary N) is 2. The lowest BCUT2D eigenvalue weighted by Crippen LogP contribution is -2.28. The fraction of sp³-hybridized carbons (Fsp3) is 0.174. The maximum Gasteiger partial charge on any atom is 0.262 e. The minimum atomic E-state index is -4.04. The van der Waals surface area contributed by atoms with Crippen molar-refractivity contribution in [2.75, 3.05) is 25.0 Å². The van der Waals surface area contributed by atoms with Gasteiger partial charge in [0.05, 0.1) is 17.2 Å². The summed E-state index contributed by atoms with van der Waals surface area (Å²) in [5.41, 5.74) is 1.08. The van der Waals surface area contributed by atoms with E-state index in [1.54, 1.807) is 49.4 Å². The minimum absolute atomic E-state index is 0.0642. The SMILES string of the molecule is COCCNC(=O)c1cc(S(=O)(=O)Nc2cc(Cl)ccc2Oc2ccccc2)ccc1C. The number of ether oxygens (including phenoxy) is 2. The molecule has 2 N–H and O–H groups in total. The van der Waals surface area contributed by atoms with Crippen LogP contribution in [0.1, 0.15) is 15.9 Å². The van der Waals surface area contributed by atoms with Gasteiger partial charge in [-0.2, -0.15) is 0 Å². The van der Waals surface area contributed by atoms with Crippen molar-refractivity contribution in [3.05, 3.63) is 82.9 Å². The molecule has 168 valence electrons. The molecule has 3 rings (SSSR count). The Labute approximate surface area is 192 Å². The summed E-state index contributed by atoms with van der Waals surface area (Å²) in [5, 5.41) is 3.03. The molecular weight excluding hydrogens is 452 g/mol. The van der Waals surface area contributed by atoms with Crippen molar-refractivity contribution in [1.82, 2.24) is 5.32 Å². The fourth-order valence-corrected chi connectivity index (χ4v) is 4.12. The van der Waals surface area contributed by atoms with E-state index in [9.17, 15) is 13.2 Å². The van der Waals surface area contributed by atoms with E-state index in [-0.39, 0.29) is 27.8 Å². The molecule has 3 aromatic rings. The first-order valence-electron chi connectivity index (χ1n) is 9.73. The second-order valence-corrected chi connectivity index (χ2v) is 9.01. The Hall–Kier alpha value is -3.07. The smallest absolute Gasteiger partial charge is 0.262 e. The van der Waals surface area contributed by atoms with Crippen LogP contribution in [0.3, 0.4) is 0 Å². The normalized spacial score (nSPS) is 11.1. The van der Waals surface area contributed by atoms with Crippen molar-refractivity contribution in [2.45, 2.75) is 11.8 Å². The molecule has 0 radical (unpaired) electrons. The van der Waals surface area contributed by atoms with Gasteiger partial charge in [0.1, 0.15) is 5.75 Å². The molecule has 0 heterocycles. The third kappa shape index (κ3) is 6.00. The Balaban J connectivity index is 1.89. The number of para-hydroxylation sites is 1. The van der Waals surface area contributed by atoms with E-state index in [1.165, 1.54) is 25.3 Å². The highest BCUT2D eigenvalue weighted by molar-refractivity contribution is 7.92. The van der Waals surface area contributed by atoms with Crippen molar-refractivity contribution in [1.29, 1.82) is 0 Å². The van der Waals surface area contributed by atoms with Crippen LogP contribution in [0.5, 0.6) is 11.5 Å². The topological polar surface area (TPSA) is 93.7 Å². The molecule has 0 saturated carbocycles. The third-order valence-electron chi connectivity index (χ3n) is 4.51. The van der Waals surface area contributed by atoms with E-state index < -0.39 is 10.0 Å². The third-order valence-corrected chi connectivity index (χ3v) is 6.11. The van der Waals surface area contributed by atoms with E-state index >= 15 is 0 Å². The molecule has 0 atom stereocenters. The molecule has 0 saturated heterocycles. The minimum Gasteiger partial charge on any atom is -0.455 e. The largest absolute Gasteiger partial charge is 0.455 e. The lowest BCUT2D eigenvalue weighted by atomic mass is 10.1. The van der Waals surface area contributed by atoms with Gasteiger partial charge in [-0.25, -0.2) is 8.42 Å². The first kappa shape index (κ1) is 23.6. The van der Waals surface area contributed by atoms with Crippen LogP contribution in [0.4, 0.5) is 5.69 Å². The van der Waals surface area contributed by atoms with E-state index in [2.05, 4.69) is 10.0 Å². The zero-order chi connectivity index (χ0) is 23.1. The fourth-order valence-electron chi connectivity index (χ4n) is 2.86. The first-order chi connectivity index (χ1) is 15.3. The number of sulfonamides is 1. The average Bonchev–Trinajstić information content (AvgIpc) is 2.76. The molecule has 32 heavy (non-hydrogen) atoms. The van der Waals surface area contributed by atoms with Crippen LogP contribution < -0.4 is 14.8 Å². The predicted molar refractivity (Wildman–Crippen MR) is 124 cm³/mol. The van der Waals surface area contributed by atoms with Crippen molar-refractivity contribution >= 4 is 33.2 Å². The van der Waals surface area contributed by atoms with E-state index in [4.69, 9.17) is 21.1 Å². The number of aryl methyl sites for hydroxylation is 1. The molecule has 0 spiro atoms. The van der Waals surface area contributed by atoms with E-state index in [0.717, 1.165) is 0 Å². The lowest BCUT2D eigenvalue weighted by Gasteiger charge is -2.15. The number of methoxy groups -OCH3 is 1. The molecule has 0 aliphatic rings. The van der Waals surface area contributed by atoms with Gasteiger partial charge in [-0.1, -0.05) is 35.9 Å². The Morgan fingerprint density at radius 2 is 1.78 bits per heavy atom. The van der Waals surface area contributed by atoms with Crippen LogP contribution in [-0.4, -0.2) is 34.6 Å². The summed E-state index contributed by atoms with van der Waals surface area (Å²) in [6, 6.07) is 18.0. The van der Waals surface area contributed by atoms with Gasteiger partial charge in [0.2, 0.25) is 0 Å². The van der Waals surface area contributed by atoms with Crippen molar-refractivity contribution in [3.63, 3.8) is 0 Å². The molecule has 0 aliphatic carbocycles. The second-order valence-electron chi connectivity index (χ2n) is 6.89. The Morgan fingerprint density at radius 1 is 1.03 bits per heavy atom. The first-order valence-corrected chi connectivity index (χ1v) is 11.6. The van der Waals surface area contributed by atoms with E-state index in [1.807, 2.05) is 6.07 Å². The van der Waals surface area contributed by atoms with Crippen LogP contribution in [0.15, 0.2) is 71.6 Å². The molecule has 7 nitrogen and oxygen atoms in total. The molecular formula is C23H23ClN2O5S. The van der Waals surface area contributed by atoms with Gasteiger partial charge in [-0.15, -0.1) is 0 Å². The monoisotopic (exact) mass is 474 g/mol. The molecule has 0 unspecified atom stereocenters. The molecule has 3 aromatic carbocycles. The van der Waals surface area contributed by atoms with Crippen molar-refractivity contribution < 1.29 is 22.7 Å². The van der Waals surface area contributed by atoms with Crippen LogP contribution >= 0.6 is 11.6 Å². The van der Waals surface area contributed by atoms with Gasteiger partial charge in [-0.3, -0.25) is 9.52 Å². The van der Waals surface area contributed by atoms with Gasteiger partial charge >= 0.3 is 0 Å².